The number of hydrogen-bond acceptors (Lipinski definition) is 7. The molecule has 3 N–H and O–H groups in total. The fourth-order valence-corrected chi connectivity index (χ4v) is 4.31. The number of halogens is 3. The Balaban J connectivity index is 1.86. The van der Waals surface area contributed by atoms with E-state index in [1.54, 1.807) is 18.4 Å². The first-order valence-electron chi connectivity index (χ1n) is 11.9. The van der Waals surface area contributed by atoms with Gasteiger partial charge in [0.15, 0.2) is 11.5 Å². The number of carboxylic acid groups (broad SMARTS) is 1. The molecule has 1 aliphatic rings. The highest BCUT2D eigenvalue weighted by molar-refractivity contribution is 6.02. The molecule has 0 spiro atoms. The molecule has 4 rings (SSSR count). The number of benzene rings is 1. The summed E-state index contributed by atoms with van der Waals surface area (Å²) < 4.78 is 40.9. The maximum Gasteiger partial charge on any atom is 0.416 e. The van der Waals surface area contributed by atoms with Crippen LogP contribution >= 0.6 is 0 Å². The number of aromatic carboxylic acids is 1. The van der Waals surface area contributed by atoms with Gasteiger partial charge in [0.1, 0.15) is 5.52 Å². The number of alkyl halides is 3. The zero-order chi connectivity index (χ0) is 26.9. The number of aromatic nitrogens is 4. The highest BCUT2D eigenvalue weighted by atomic mass is 19.4. The second kappa shape index (κ2) is 10.3. The van der Waals surface area contributed by atoms with Gasteiger partial charge in [0, 0.05) is 23.9 Å². The van der Waals surface area contributed by atoms with Crippen LogP contribution in [0.25, 0.3) is 11.2 Å². The molecule has 2 aromatic heterocycles. The number of fused-ring (bicyclic) bond motifs is 1. The van der Waals surface area contributed by atoms with Gasteiger partial charge in [0.2, 0.25) is 11.8 Å². The van der Waals surface area contributed by atoms with E-state index in [1.807, 2.05) is 6.92 Å². The monoisotopic (exact) mass is 515 g/mol. The zero-order valence-corrected chi connectivity index (χ0v) is 20.7. The summed E-state index contributed by atoms with van der Waals surface area (Å²) in [6.07, 6.45) is -0.910. The summed E-state index contributed by atoms with van der Waals surface area (Å²) in [6.45, 7) is 5.50. The minimum atomic E-state index is -4.45. The van der Waals surface area contributed by atoms with Crippen LogP contribution in [-0.2, 0) is 12.7 Å². The number of anilines is 1. The molecule has 0 amide bonds. The van der Waals surface area contributed by atoms with E-state index in [0.717, 1.165) is 31.4 Å². The van der Waals surface area contributed by atoms with Crippen molar-refractivity contribution in [1.29, 1.82) is 5.41 Å². The number of nitrogens with one attached hydrogen (secondary N) is 2. The van der Waals surface area contributed by atoms with Crippen molar-refractivity contribution in [1.82, 2.24) is 19.5 Å². The van der Waals surface area contributed by atoms with Crippen LogP contribution in [0.15, 0.2) is 29.3 Å². The largest absolute Gasteiger partial charge is 0.475 e. The molecule has 0 bridgehead atoms. The van der Waals surface area contributed by atoms with Crippen molar-refractivity contribution < 1.29 is 23.1 Å². The van der Waals surface area contributed by atoms with Crippen LogP contribution in [-0.4, -0.2) is 48.1 Å². The van der Waals surface area contributed by atoms with E-state index in [4.69, 9.17) is 5.41 Å². The summed E-state index contributed by atoms with van der Waals surface area (Å²) in [5.41, 5.74) is 1.32. The molecule has 37 heavy (non-hydrogen) atoms. The van der Waals surface area contributed by atoms with Crippen molar-refractivity contribution in [3.8, 4) is 0 Å². The van der Waals surface area contributed by atoms with Crippen molar-refractivity contribution in [2.75, 3.05) is 5.32 Å². The maximum absolute atomic E-state index is 13.1. The predicted molar refractivity (Wildman–Crippen MR) is 134 cm³/mol. The van der Waals surface area contributed by atoms with Gasteiger partial charge in [-0.05, 0) is 57.2 Å². The van der Waals surface area contributed by atoms with Gasteiger partial charge in [-0.1, -0.05) is 18.6 Å². The van der Waals surface area contributed by atoms with Crippen molar-refractivity contribution >= 4 is 40.3 Å². The second-order valence-electron chi connectivity index (χ2n) is 9.49. The predicted octanol–water partition coefficient (Wildman–Crippen LogP) is 5.71. The average molecular weight is 516 g/mol. The summed E-state index contributed by atoms with van der Waals surface area (Å²) >= 11 is 0. The lowest BCUT2D eigenvalue weighted by Crippen LogP contribution is -2.31. The quantitative estimate of drug-likeness (QED) is 0.313. The van der Waals surface area contributed by atoms with Crippen molar-refractivity contribution in [2.45, 2.75) is 65.2 Å². The summed E-state index contributed by atoms with van der Waals surface area (Å²) in [6, 6.07) is 4.80. The third-order valence-corrected chi connectivity index (χ3v) is 6.43. The van der Waals surface area contributed by atoms with Gasteiger partial charge < -0.3 is 15.8 Å². The van der Waals surface area contributed by atoms with E-state index in [1.165, 1.54) is 12.1 Å². The minimum absolute atomic E-state index is 0.0113. The number of aliphatic imine (C=N–C) groups is 1. The van der Waals surface area contributed by atoms with Gasteiger partial charge in [-0.25, -0.2) is 19.8 Å². The van der Waals surface area contributed by atoms with Gasteiger partial charge in [0.25, 0.3) is 0 Å². The lowest BCUT2D eigenvalue weighted by molar-refractivity contribution is -0.137. The molecule has 0 radical (unpaired) electrons. The van der Waals surface area contributed by atoms with Crippen LogP contribution in [0.4, 0.5) is 24.9 Å². The fourth-order valence-electron chi connectivity index (χ4n) is 4.31. The Morgan fingerprint density at radius 1 is 1.22 bits per heavy atom. The lowest BCUT2D eigenvalue weighted by Gasteiger charge is -2.32. The summed E-state index contributed by atoms with van der Waals surface area (Å²) in [4.78, 5) is 29.1. The molecule has 1 saturated carbocycles. The lowest BCUT2D eigenvalue weighted by atomic mass is 9.80. The zero-order valence-electron chi connectivity index (χ0n) is 20.7. The Kier molecular flexibility index (Phi) is 7.28. The topological polar surface area (TPSA) is 129 Å². The van der Waals surface area contributed by atoms with Crippen molar-refractivity contribution in [3.05, 3.63) is 41.2 Å². The molecular weight excluding hydrogens is 487 g/mol. The third kappa shape index (κ3) is 5.95. The first-order valence-corrected chi connectivity index (χ1v) is 11.9. The minimum Gasteiger partial charge on any atom is -0.475 e. The first kappa shape index (κ1) is 26.2. The number of imidazole rings is 1. The van der Waals surface area contributed by atoms with E-state index in [0.29, 0.717) is 34.8 Å². The van der Waals surface area contributed by atoms with Gasteiger partial charge in [-0.2, -0.15) is 18.2 Å². The van der Waals surface area contributed by atoms with Crippen LogP contribution in [0, 0.1) is 11.3 Å². The number of hydrogen-bond donors (Lipinski definition) is 3. The van der Waals surface area contributed by atoms with Gasteiger partial charge in [-0.15, -0.1) is 0 Å². The molecule has 1 fully saturated rings. The number of carbonyl (C=O) groups is 1. The molecule has 0 aliphatic heterocycles. The first-order chi connectivity index (χ1) is 17.4. The number of rotatable bonds is 9. The average Bonchev–Trinajstić information content (AvgIpc) is 3.08. The van der Waals surface area contributed by atoms with Gasteiger partial charge in [0.05, 0.1) is 12.1 Å². The summed E-state index contributed by atoms with van der Waals surface area (Å²) in [5.74, 6) is -0.829. The summed E-state index contributed by atoms with van der Waals surface area (Å²) in [7, 11) is 0. The Bertz CT molecular complexity index is 1360. The van der Waals surface area contributed by atoms with Gasteiger partial charge in [-0.3, -0.25) is 4.57 Å². The van der Waals surface area contributed by atoms with E-state index >= 15 is 0 Å². The highest BCUT2D eigenvalue weighted by Crippen LogP contribution is 2.34. The fraction of sp³-hybridized carbons (Fsp3) is 0.440. The molecule has 1 unspecified atom stereocenters. The highest BCUT2D eigenvalue weighted by Gasteiger charge is 2.30. The van der Waals surface area contributed by atoms with E-state index < -0.39 is 23.5 Å². The Morgan fingerprint density at radius 3 is 2.43 bits per heavy atom. The van der Waals surface area contributed by atoms with E-state index in [2.05, 4.69) is 25.3 Å². The second-order valence-corrected chi connectivity index (χ2v) is 9.49. The molecule has 1 atom stereocenters. The van der Waals surface area contributed by atoms with Gasteiger partial charge >= 0.3 is 12.1 Å². The van der Waals surface area contributed by atoms with Crippen molar-refractivity contribution in [3.63, 3.8) is 0 Å². The van der Waals surface area contributed by atoms with Crippen molar-refractivity contribution in [2.24, 2.45) is 10.9 Å². The van der Waals surface area contributed by atoms with Crippen LogP contribution in [0.2, 0.25) is 0 Å². The van der Waals surface area contributed by atoms with E-state index in [-0.39, 0.29) is 30.0 Å². The third-order valence-electron chi connectivity index (χ3n) is 6.43. The molecule has 2 heterocycles. The Hall–Kier alpha value is -3.83. The normalized spacial score (nSPS) is 15.5. The number of nitrogens with zero attached hydrogens (tertiary/aromatic N) is 5. The molecule has 3 aromatic rings. The molecule has 9 nitrogen and oxygen atoms in total. The molecular formula is C25H28F3N7O2. The molecule has 1 aliphatic carbocycles. The van der Waals surface area contributed by atoms with Crippen LogP contribution < -0.4 is 5.32 Å². The maximum atomic E-state index is 13.1. The smallest absolute Gasteiger partial charge is 0.416 e. The molecule has 0 saturated heterocycles. The van der Waals surface area contributed by atoms with Crippen LogP contribution in [0.3, 0.4) is 0 Å². The SMILES string of the molecule is CC(=N)CC(C)=Nc1nc2nc(C(=O)O)nc(NC(C)C3CCC3)c2n1Cc1ccc(C(F)(F)F)cc1. The number of carboxylic acids is 1. The Labute approximate surface area is 211 Å². The van der Waals surface area contributed by atoms with E-state index in [9.17, 15) is 23.1 Å². The molecule has 1 aromatic carbocycles. The van der Waals surface area contributed by atoms with Crippen LogP contribution in [0.5, 0.6) is 0 Å². The Morgan fingerprint density at radius 2 is 1.89 bits per heavy atom. The standard InChI is InChI=1S/C25H28F3N7O2/c1-13(29)11-14(2)30-24-34-21-19(35(24)12-16-7-9-18(10-8-16)25(26,27)28)20(32-22(33-21)23(36)37)31-15(3)17-5-4-6-17/h7-10,15,17,29H,4-6,11-12H2,1-3H3,(H,36,37)(H,31,32,33). The molecule has 12 heteroatoms. The molecule has 196 valence electrons. The summed E-state index contributed by atoms with van der Waals surface area (Å²) in [5, 5.41) is 20.7. The van der Waals surface area contributed by atoms with Crippen LogP contribution in [0.1, 0.15) is 68.2 Å².